The van der Waals surface area contributed by atoms with Crippen LogP contribution in [0.4, 0.5) is 8.78 Å². The van der Waals surface area contributed by atoms with Gasteiger partial charge in [-0.2, -0.15) is 4.72 Å². The number of benzene rings is 3. The third-order valence-electron chi connectivity index (χ3n) is 4.82. The number of imidazole rings is 1. The molecule has 0 spiro atoms. The highest BCUT2D eigenvalue weighted by molar-refractivity contribution is 9.10. The third-order valence-corrected chi connectivity index (χ3v) is 6.84. The van der Waals surface area contributed by atoms with Crippen molar-refractivity contribution in [2.75, 3.05) is 0 Å². The number of hydrogen-bond acceptors (Lipinski definition) is 5. The van der Waals surface area contributed by atoms with Crippen molar-refractivity contribution in [2.45, 2.75) is 17.5 Å². The van der Waals surface area contributed by atoms with E-state index in [-0.39, 0.29) is 15.9 Å². The molecule has 34 heavy (non-hydrogen) atoms. The zero-order chi connectivity index (χ0) is 24.5. The molecule has 0 aliphatic heterocycles. The van der Waals surface area contributed by atoms with Gasteiger partial charge in [0.15, 0.2) is 11.6 Å². The van der Waals surface area contributed by atoms with Crippen LogP contribution in [0.1, 0.15) is 0 Å². The molecule has 8 nitrogen and oxygen atoms in total. The van der Waals surface area contributed by atoms with E-state index >= 15 is 0 Å². The van der Waals surface area contributed by atoms with Gasteiger partial charge in [-0.25, -0.2) is 22.2 Å². The van der Waals surface area contributed by atoms with Gasteiger partial charge in [0.2, 0.25) is 10.0 Å². The van der Waals surface area contributed by atoms with Gasteiger partial charge in [-0.15, -0.1) is 0 Å². The summed E-state index contributed by atoms with van der Waals surface area (Å²) in [6.07, 6.45) is 1.18. The van der Waals surface area contributed by atoms with Gasteiger partial charge in [-0.1, -0.05) is 15.9 Å². The van der Waals surface area contributed by atoms with Crippen LogP contribution in [-0.4, -0.2) is 35.1 Å². The highest BCUT2D eigenvalue weighted by atomic mass is 79.9. The molecule has 4 rings (SSSR count). The highest BCUT2D eigenvalue weighted by Gasteiger charge is 2.26. The maximum Gasteiger partial charge on any atom is 0.323 e. The number of nitrogens with zero attached hydrogens (tertiary/aromatic N) is 2. The van der Waals surface area contributed by atoms with Crippen molar-refractivity contribution in [3.63, 3.8) is 0 Å². The van der Waals surface area contributed by atoms with Crippen LogP contribution in [0.25, 0.3) is 11.0 Å². The Morgan fingerprint density at radius 3 is 2.26 bits per heavy atom. The quantitative estimate of drug-likeness (QED) is 0.338. The average Bonchev–Trinajstić information content (AvgIpc) is 3.16. The Kier molecular flexibility index (Phi) is 6.64. The van der Waals surface area contributed by atoms with E-state index in [1.54, 1.807) is 24.3 Å². The van der Waals surface area contributed by atoms with Crippen LogP contribution in [0, 0.1) is 11.6 Å². The number of fused-ring (bicyclic) bond motifs is 1. The molecule has 0 radical (unpaired) electrons. The van der Waals surface area contributed by atoms with Gasteiger partial charge >= 0.3 is 5.97 Å². The minimum absolute atomic E-state index is 0.104. The molecule has 0 saturated heterocycles. The lowest BCUT2D eigenvalue weighted by molar-refractivity contribution is -0.139. The van der Waals surface area contributed by atoms with E-state index in [9.17, 15) is 27.1 Å². The number of rotatable bonds is 8. The van der Waals surface area contributed by atoms with Crippen molar-refractivity contribution in [3.05, 3.63) is 83.1 Å². The number of carboxylic acid groups (broad SMARTS) is 1. The predicted octanol–water partition coefficient (Wildman–Crippen LogP) is 4.30. The number of hydrogen-bond donors (Lipinski definition) is 2. The van der Waals surface area contributed by atoms with Crippen molar-refractivity contribution in [1.82, 2.24) is 14.3 Å². The Morgan fingerprint density at radius 1 is 1.06 bits per heavy atom. The molecule has 0 aliphatic carbocycles. The van der Waals surface area contributed by atoms with Crippen molar-refractivity contribution in [2.24, 2.45) is 0 Å². The molecular formula is C22H16BrF2N3O5S. The number of carbonyl (C=O) groups is 1. The van der Waals surface area contributed by atoms with Crippen LogP contribution >= 0.6 is 15.9 Å². The summed E-state index contributed by atoms with van der Waals surface area (Å²) in [5.74, 6) is -2.75. The van der Waals surface area contributed by atoms with Gasteiger partial charge in [0.05, 0.1) is 28.8 Å². The van der Waals surface area contributed by atoms with Gasteiger partial charge in [0.1, 0.15) is 17.5 Å². The summed E-state index contributed by atoms with van der Waals surface area (Å²) in [7, 11) is -4.23. The number of aliphatic carboxylic acids is 1. The highest BCUT2D eigenvalue weighted by Crippen LogP contribution is 2.25. The fraction of sp³-hybridized carbons (Fsp3) is 0.0909. The fourth-order valence-electron chi connectivity index (χ4n) is 3.14. The molecular weight excluding hydrogens is 536 g/mol. The standard InChI is InChI=1S/C22H16BrF2N3O5S/c23-13-1-3-14(4-2-13)33-15-5-7-16(8-6-15)34(31,32)27-20(22(29)30)11-28-12-26-19-9-17(24)18(25)10-21(19)28/h1-10,12,20,27H,11H2,(H,29,30). The van der Waals surface area contributed by atoms with Crippen LogP contribution in [0.3, 0.4) is 0 Å². The molecule has 4 aromatic rings. The summed E-state index contributed by atoms with van der Waals surface area (Å²) in [6, 6.07) is 12.6. The smallest absolute Gasteiger partial charge is 0.323 e. The maximum atomic E-state index is 13.6. The zero-order valence-electron chi connectivity index (χ0n) is 17.2. The predicted molar refractivity (Wildman–Crippen MR) is 122 cm³/mol. The third kappa shape index (κ3) is 5.24. The molecule has 0 bridgehead atoms. The van der Waals surface area contributed by atoms with Crippen molar-refractivity contribution >= 4 is 43.0 Å². The van der Waals surface area contributed by atoms with E-state index in [0.29, 0.717) is 11.5 Å². The molecule has 176 valence electrons. The molecule has 3 aromatic carbocycles. The average molecular weight is 552 g/mol. The molecule has 0 aliphatic rings. The molecule has 0 amide bonds. The topological polar surface area (TPSA) is 111 Å². The molecule has 2 N–H and O–H groups in total. The fourth-order valence-corrected chi connectivity index (χ4v) is 4.59. The number of ether oxygens (including phenoxy) is 1. The molecule has 0 saturated carbocycles. The molecule has 1 unspecified atom stereocenters. The molecule has 1 aromatic heterocycles. The lowest BCUT2D eigenvalue weighted by Crippen LogP contribution is -2.43. The minimum atomic E-state index is -4.23. The molecule has 1 heterocycles. The Hall–Kier alpha value is -3.35. The van der Waals surface area contributed by atoms with E-state index in [4.69, 9.17) is 4.74 Å². The van der Waals surface area contributed by atoms with Crippen LogP contribution in [-0.2, 0) is 21.4 Å². The molecule has 12 heteroatoms. The summed E-state index contributed by atoms with van der Waals surface area (Å²) in [5.41, 5.74) is 0.228. The van der Waals surface area contributed by atoms with Gasteiger partial charge in [0.25, 0.3) is 0 Å². The summed E-state index contributed by atoms with van der Waals surface area (Å²) < 4.78 is 62.5. The van der Waals surface area contributed by atoms with Gasteiger partial charge < -0.3 is 14.4 Å². The Balaban J connectivity index is 1.51. The van der Waals surface area contributed by atoms with Crippen molar-refractivity contribution in [3.8, 4) is 11.5 Å². The summed E-state index contributed by atoms with van der Waals surface area (Å²) in [4.78, 5) is 15.5. The van der Waals surface area contributed by atoms with E-state index < -0.39 is 40.2 Å². The molecule has 0 fully saturated rings. The first-order valence-electron chi connectivity index (χ1n) is 9.71. The SMILES string of the molecule is O=C(O)C(Cn1cnc2cc(F)c(F)cc21)NS(=O)(=O)c1ccc(Oc2ccc(Br)cc2)cc1. The summed E-state index contributed by atoms with van der Waals surface area (Å²) >= 11 is 3.32. The van der Waals surface area contributed by atoms with Crippen LogP contribution in [0.5, 0.6) is 11.5 Å². The number of nitrogens with one attached hydrogen (secondary N) is 1. The second-order valence-corrected chi connectivity index (χ2v) is 9.82. The first-order valence-corrected chi connectivity index (χ1v) is 12.0. The number of halogens is 3. The number of sulfonamides is 1. The molecule has 1 atom stereocenters. The van der Waals surface area contributed by atoms with Crippen LogP contribution < -0.4 is 9.46 Å². The van der Waals surface area contributed by atoms with E-state index in [1.165, 1.54) is 35.2 Å². The number of carboxylic acids is 1. The van der Waals surface area contributed by atoms with Crippen molar-refractivity contribution < 1.29 is 31.8 Å². The van der Waals surface area contributed by atoms with Gasteiger partial charge in [0, 0.05) is 16.6 Å². The van der Waals surface area contributed by atoms with Crippen LogP contribution in [0.2, 0.25) is 0 Å². The second-order valence-electron chi connectivity index (χ2n) is 7.19. The van der Waals surface area contributed by atoms with Crippen LogP contribution in [0.15, 0.2) is 76.4 Å². The van der Waals surface area contributed by atoms with E-state index in [1.807, 2.05) is 0 Å². The second kappa shape index (κ2) is 9.49. The monoisotopic (exact) mass is 551 g/mol. The lowest BCUT2D eigenvalue weighted by Gasteiger charge is -2.16. The largest absolute Gasteiger partial charge is 0.480 e. The Bertz CT molecular complexity index is 1460. The first kappa shape index (κ1) is 23.8. The zero-order valence-corrected chi connectivity index (χ0v) is 19.6. The summed E-state index contributed by atoms with van der Waals surface area (Å²) in [6.45, 7) is -0.402. The summed E-state index contributed by atoms with van der Waals surface area (Å²) in [5, 5.41) is 9.56. The minimum Gasteiger partial charge on any atom is -0.480 e. The van der Waals surface area contributed by atoms with E-state index in [2.05, 4.69) is 25.6 Å². The Labute approximate surface area is 201 Å². The van der Waals surface area contributed by atoms with Crippen molar-refractivity contribution in [1.29, 1.82) is 0 Å². The lowest BCUT2D eigenvalue weighted by atomic mass is 10.2. The maximum absolute atomic E-state index is 13.6. The van der Waals surface area contributed by atoms with E-state index in [0.717, 1.165) is 16.6 Å². The first-order chi connectivity index (χ1) is 16.1. The normalized spacial score (nSPS) is 12.6. The van der Waals surface area contributed by atoms with Gasteiger partial charge in [-0.05, 0) is 48.5 Å². The number of aromatic nitrogens is 2. The van der Waals surface area contributed by atoms with Gasteiger partial charge in [-0.3, -0.25) is 4.79 Å². The Morgan fingerprint density at radius 2 is 1.65 bits per heavy atom.